The Labute approximate surface area is 119 Å². The zero-order chi connectivity index (χ0) is 14.4. The number of aromatic nitrogens is 4. The van der Waals surface area contributed by atoms with Crippen LogP contribution in [0, 0.1) is 0 Å². The maximum absolute atomic E-state index is 11.9. The zero-order valence-electron chi connectivity index (χ0n) is 11.1. The lowest BCUT2D eigenvalue weighted by atomic mass is 10.3. The molecule has 1 aromatic carbocycles. The van der Waals surface area contributed by atoms with E-state index < -0.39 is 0 Å². The van der Waals surface area contributed by atoms with Crippen LogP contribution in [0.5, 0.6) is 0 Å². The molecule has 0 amide bonds. The van der Waals surface area contributed by atoms with Gasteiger partial charge >= 0.3 is 0 Å². The smallest absolute Gasteiger partial charge is 0.257 e. The van der Waals surface area contributed by atoms with Crippen LogP contribution in [0.1, 0.15) is 11.3 Å². The number of H-pyrrole nitrogens is 1. The Morgan fingerprint density at radius 3 is 2.81 bits per heavy atom. The van der Waals surface area contributed by atoms with Gasteiger partial charge in [0.25, 0.3) is 5.56 Å². The molecule has 0 aliphatic carbocycles. The molecule has 0 radical (unpaired) electrons. The second-order valence-corrected chi connectivity index (χ2v) is 4.95. The summed E-state index contributed by atoms with van der Waals surface area (Å²) < 4.78 is 0. The summed E-state index contributed by atoms with van der Waals surface area (Å²) in [5.41, 5.74) is 8.40. The Hall–Kier alpha value is -2.96. The summed E-state index contributed by atoms with van der Waals surface area (Å²) in [7, 11) is 0. The Morgan fingerprint density at radius 1 is 1.14 bits per heavy atom. The number of nitrogen functional groups attached to an aromatic ring is 1. The third kappa shape index (κ3) is 1.90. The highest BCUT2D eigenvalue weighted by atomic mass is 16.1. The van der Waals surface area contributed by atoms with E-state index in [-0.39, 0.29) is 11.5 Å². The average Bonchev–Trinajstić information content (AvgIpc) is 2.91. The van der Waals surface area contributed by atoms with Gasteiger partial charge in [-0.1, -0.05) is 12.1 Å². The van der Waals surface area contributed by atoms with Crippen molar-refractivity contribution in [2.75, 3.05) is 10.6 Å². The summed E-state index contributed by atoms with van der Waals surface area (Å²) in [6, 6.07) is 7.68. The van der Waals surface area contributed by atoms with Crippen molar-refractivity contribution in [3.63, 3.8) is 0 Å². The largest absolute Gasteiger partial charge is 0.369 e. The van der Waals surface area contributed by atoms with Gasteiger partial charge < -0.3 is 10.6 Å². The Balaban J connectivity index is 1.75. The normalized spacial score (nSPS) is 13.6. The van der Waals surface area contributed by atoms with Gasteiger partial charge in [0.15, 0.2) is 0 Å². The third-order valence-electron chi connectivity index (χ3n) is 3.57. The van der Waals surface area contributed by atoms with Gasteiger partial charge in [-0.25, -0.2) is 9.97 Å². The van der Waals surface area contributed by atoms with E-state index in [4.69, 9.17) is 5.73 Å². The van der Waals surface area contributed by atoms with Crippen molar-refractivity contribution in [2.45, 2.75) is 13.1 Å². The molecule has 1 aliphatic rings. The molecule has 2 aromatic heterocycles. The highest BCUT2D eigenvalue weighted by Gasteiger charge is 2.25. The number of nitrogens with two attached hydrogens (primary N) is 1. The standard InChI is InChI=1S/C14H12N6O/c15-14-18-11-7-20(6-8(11)13(21)19-14)12-5-16-9-3-1-2-4-10(9)17-12/h1-5H,6-7H2,(H3,15,18,19,21). The lowest BCUT2D eigenvalue weighted by Gasteiger charge is -2.15. The van der Waals surface area contributed by atoms with Crippen LogP contribution in [-0.2, 0) is 13.1 Å². The predicted molar refractivity (Wildman–Crippen MR) is 78.7 cm³/mol. The van der Waals surface area contributed by atoms with E-state index in [0.29, 0.717) is 24.3 Å². The summed E-state index contributed by atoms with van der Waals surface area (Å²) in [5.74, 6) is 0.870. The highest BCUT2D eigenvalue weighted by Crippen LogP contribution is 2.24. The summed E-state index contributed by atoms with van der Waals surface area (Å²) in [4.78, 5) is 29.5. The van der Waals surface area contributed by atoms with Crippen molar-refractivity contribution in [1.82, 2.24) is 19.9 Å². The van der Waals surface area contributed by atoms with Crippen LogP contribution in [0.15, 0.2) is 35.3 Å². The topological polar surface area (TPSA) is 101 Å². The second-order valence-electron chi connectivity index (χ2n) is 4.95. The molecule has 3 aromatic rings. The van der Waals surface area contributed by atoms with E-state index in [0.717, 1.165) is 16.9 Å². The fraction of sp³-hybridized carbons (Fsp3) is 0.143. The van der Waals surface area contributed by atoms with Crippen LogP contribution in [0.2, 0.25) is 0 Å². The van der Waals surface area contributed by atoms with E-state index in [1.54, 1.807) is 6.20 Å². The summed E-state index contributed by atoms with van der Waals surface area (Å²) in [6.07, 6.45) is 1.71. The first-order valence-corrected chi connectivity index (χ1v) is 6.55. The number of hydrogen-bond donors (Lipinski definition) is 2. The van der Waals surface area contributed by atoms with E-state index in [1.807, 2.05) is 29.2 Å². The molecule has 7 nitrogen and oxygen atoms in total. The maximum Gasteiger partial charge on any atom is 0.257 e. The predicted octanol–water partition coefficient (Wildman–Crippen LogP) is 0.815. The second kappa shape index (κ2) is 4.27. The Kier molecular flexibility index (Phi) is 2.41. The molecule has 4 rings (SSSR count). The number of hydrogen-bond acceptors (Lipinski definition) is 6. The molecule has 0 unspecified atom stereocenters. The monoisotopic (exact) mass is 280 g/mol. The quantitative estimate of drug-likeness (QED) is 0.684. The van der Waals surface area contributed by atoms with Gasteiger partial charge in [-0.15, -0.1) is 0 Å². The van der Waals surface area contributed by atoms with E-state index in [2.05, 4.69) is 19.9 Å². The van der Waals surface area contributed by atoms with Gasteiger partial charge in [-0.05, 0) is 12.1 Å². The van der Waals surface area contributed by atoms with Crippen molar-refractivity contribution >= 4 is 22.8 Å². The number of para-hydroxylation sites is 2. The van der Waals surface area contributed by atoms with Crippen molar-refractivity contribution < 1.29 is 0 Å². The van der Waals surface area contributed by atoms with Gasteiger partial charge in [0.2, 0.25) is 5.95 Å². The number of aromatic amines is 1. The van der Waals surface area contributed by atoms with Crippen molar-refractivity contribution in [3.05, 3.63) is 52.1 Å². The van der Waals surface area contributed by atoms with E-state index >= 15 is 0 Å². The minimum absolute atomic E-state index is 0.144. The molecule has 3 heterocycles. The van der Waals surface area contributed by atoms with Gasteiger partial charge in [-0.2, -0.15) is 0 Å². The molecule has 21 heavy (non-hydrogen) atoms. The molecule has 0 spiro atoms. The summed E-state index contributed by atoms with van der Waals surface area (Å²) in [6.45, 7) is 0.974. The highest BCUT2D eigenvalue weighted by molar-refractivity contribution is 5.75. The van der Waals surface area contributed by atoms with Crippen LogP contribution in [0.4, 0.5) is 11.8 Å². The van der Waals surface area contributed by atoms with Crippen LogP contribution >= 0.6 is 0 Å². The summed E-state index contributed by atoms with van der Waals surface area (Å²) >= 11 is 0. The van der Waals surface area contributed by atoms with Crippen LogP contribution < -0.4 is 16.2 Å². The van der Waals surface area contributed by atoms with Crippen LogP contribution in [0.25, 0.3) is 11.0 Å². The lowest BCUT2D eigenvalue weighted by Crippen LogP contribution is -2.19. The van der Waals surface area contributed by atoms with Gasteiger partial charge in [0, 0.05) is 0 Å². The van der Waals surface area contributed by atoms with Gasteiger partial charge in [-0.3, -0.25) is 14.8 Å². The molecular formula is C14H12N6O. The molecule has 1 aliphatic heterocycles. The number of benzene rings is 1. The molecule has 0 atom stereocenters. The minimum atomic E-state index is -0.186. The van der Waals surface area contributed by atoms with Gasteiger partial charge in [0.1, 0.15) is 5.82 Å². The number of fused-ring (bicyclic) bond motifs is 2. The third-order valence-corrected chi connectivity index (χ3v) is 3.57. The first kappa shape index (κ1) is 11.8. The first-order chi connectivity index (χ1) is 10.2. The maximum atomic E-state index is 11.9. The fourth-order valence-corrected chi connectivity index (χ4v) is 2.55. The number of nitrogens with zero attached hydrogens (tertiary/aromatic N) is 4. The lowest BCUT2D eigenvalue weighted by molar-refractivity contribution is 0.847. The fourth-order valence-electron chi connectivity index (χ4n) is 2.55. The molecule has 0 saturated heterocycles. The SMILES string of the molecule is Nc1nc2c(c(=O)[nH]1)CN(c1cnc3ccccc3n1)C2. The minimum Gasteiger partial charge on any atom is -0.369 e. The van der Waals surface area contributed by atoms with Crippen LogP contribution in [-0.4, -0.2) is 19.9 Å². The molecule has 104 valence electrons. The molecule has 0 bridgehead atoms. The average molecular weight is 280 g/mol. The zero-order valence-corrected chi connectivity index (χ0v) is 11.1. The van der Waals surface area contributed by atoms with Crippen LogP contribution in [0.3, 0.4) is 0 Å². The number of rotatable bonds is 1. The summed E-state index contributed by atoms with van der Waals surface area (Å²) in [5, 5.41) is 0. The Morgan fingerprint density at radius 2 is 1.95 bits per heavy atom. The number of anilines is 2. The van der Waals surface area contributed by atoms with Crippen molar-refractivity contribution in [2.24, 2.45) is 0 Å². The van der Waals surface area contributed by atoms with Crippen molar-refractivity contribution in [1.29, 1.82) is 0 Å². The Bertz CT molecular complexity index is 903. The molecule has 0 fully saturated rings. The molecule has 3 N–H and O–H groups in total. The van der Waals surface area contributed by atoms with Crippen molar-refractivity contribution in [3.8, 4) is 0 Å². The van der Waals surface area contributed by atoms with Gasteiger partial charge in [0.05, 0.1) is 41.6 Å². The van der Waals surface area contributed by atoms with E-state index in [1.165, 1.54) is 0 Å². The molecule has 0 saturated carbocycles. The molecular weight excluding hydrogens is 268 g/mol. The van der Waals surface area contributed by atoms with E-state index in [9.17, 15) is 4.79 Å². The number of nitrogens with one attached hydrogen (secondary N) is 1. The molecule has 7 heteroatoms. The first-order valence-electron chi connectivity index (χ1n) is 6.55.